The molecule has 0 aromatic rings. The summed E-state index contributed by atoms with van der Waals surface area (Å²) in [6.07, 6.45) is 5.22. The van der Waals surface area contributed by atoms with Gasteiger partial charge in [0.15, 0.2) is 5.78 Å². The monoisotopic (exact) mass is 324 g/mol. The van der Waals surface area contributed by atoms with Crippen LogP contribution in [0.5, 0.6) is 0 Å². The van der Waals surface area contributed by atoms with Gasteiger partial charge in [0.1, 0.15) is 5.54 Å². The molecule has 1 unspecified atom stereocenters. The Morgan fingerprint density at radius 3 is 2.30 bits per heavy atom. The minimum atomic E-state index is -0.849. The number of nitrogens with two attached hydrogens (primary N) is 2. The van der Waals surface area contributed by atoms with Crippen LogP contribution in [-0.2, 0) is 9.59 Å². The maximum absolute atomic E-state index is 12.9. The maximum Gasteiger partial charge on any atom is 0.327 e. The van der Waals surface area contributed by atoms with Gasteiger partial charge in [-0.1, -0.05) is 19.3 Å². The van der Waals surface area contributed by atoms with Crippen LogP contribution in [0.2, 0.25) is 0 Å². The molecule has 0 aromatic heterocycles. The van der Waals surface area contributed by atoms with Crippen LogP contribution in [0, 0.1) is 11.8 Å². The molecule has 4 N–H and O–H groups in total. The molecule has 1 aliphatic carbocycles. The normalized spacial score (nSPS) is 26.5. The third kappa shape index (κ3) is 2.99. The molecule has 23 heavy (non-hydrogen) atoms. The Kier molecular flexibility index (Phi) is 5.41. The molecule has 0 aromatic carbocycles. The van der Waals surface area contributed by atoms with E-state index < -0.39 is 17.5 Å². The van der Waals surface area contributed by atoms with Gasteiger partial charge < -0.3 is 16.4 Å². The van der Waals surface area contributed by atoms with Gasteiger partial charge in [0, 0.05) is 26.1 Å². The average molecular weight is 324 g/mol. The van der Waals surface area contributed by atoms with E-state index >= 15 is 0 Å². The quantitative estimate of drug-likeness (QED) is 0.684. The second-order valence-corrected chi connectivity index (χ2v) is 6.85. The summed E-state index contributed by atoms with van der Waals surface area (Å²) in [6.45, 7) is 1.85. The predicted molar refractivity (Wildman–Crippen MR) is 86.5 cm³/mol. The van der Waals surface area contributed by atoms with E-state index in [-0.39, 0.29) is 37.2 Å². The number of imide groups is 1. The van der Waals surface area contributed by atoms with E-state index in [1.54, 1.807) is 7.05 Å². The second kappa shape index (κ2) is 6.97. The van der Waals surface area contributed by atoms with Crippen molar-refractivity contribution in [3.8, 4) is 0 Å². The lowest BCUT2D eigenvalue weighted by molar-refractivity contribution is -0.138. The molecule has 2 rings (SSSR count). The number of carbonyl (C=O) groups is 3. The van der Waals surface area contributed by atoms with Crippen molar-refractivity contribution in [2.45, 2.75) is 44.6 Å². The molecule has 1 saturated heterocycles. The van der Waals surface area contributed by atoms with Crippen molar-refractivity contribution in [3.05, 3.63) is 0 Å². The van der Waals surface area contributed by atoms with Crippen molar-refractivity contribution in [2.75, 3.05) is 26.7 Å². The van der Waals surface area contributed by atoms with E-state index in [1.807, 2.05) is 6.92 Å². The van der Waals surface area contributed by atoms with Gasteiger partial charge in [0.05, 0.1) is 6.54 Å². The Morgan fingerprint density at radius 1 is 1.22 bits per heavy atom. The van der Waals surface area contributed by atoms with E-state index in [4.69, 9.17) is 11.5 Å². The maximum atomic E-state index is 12.9. The standard InChI is InChI=1S/C16H28N4O3/c1-16(12-6-4-3-5-7-12)14(22)20(15(23)19(16)2)10-13(21)11(8-17)9-18/h11-12H,3-10,17-18H2,1-2H3. The average Bonchev–Trinajstić information content (AvgIpc) is 2.73. The van der Waals surface area contributed by atoms with Crippen LogP contribution in [0.1, 0.15) is 39.0 Å². The third-order valence-corrected chi connectivity index (χ3v) is 5.63. The number of ketones is 1. The number of rotatable bonds is 6. The Labute approximate surface area is 137 Å². The zero-order valence-corrected chi connectivity index (χ0v) is 14.1. The molecule has 3 amide bonds. The van der Waals surface area contributed by atoms with E-state index in [0.29, 0.717) is 0 Å². The van der Waals surface area contributed by atoms with Gasteiger partial charge >= 0.3 is 6.03 Å². The fourth-order valence-corrected chi connectivity index (χ4v) is 3.78. The van der Waals surface area contributed by atoms with E-state index in [1.165, 1.54) is 11.3 Å². The van der Waals surface area contributed by atoms with Crippen LogP contribution >= 0.6 is 0 Å². The van der Waals surface area contributed by atoms with E-state index in [9.17, 15) is 14.4 Å². The van der Waals surface area contributed by atoms with Crippen molar-refractivity contribution < 1.29 is 14.4 Å². The molecule has 7 nitrogen and oxygen atoms in total. The first kappa shape index (κ1) is 17.9. The van der Waals surface area contributed by atoms with Crippen LogP contribution in [0.25, 0.3) is 0 Å². The lowest BCUT2D eigenvalue weighted by Gasteiger charge is -2.38. The first-order chi connectivity index (χ1) is 10.9. The molecule has 0 bridgehead atoms. The molecule has 1 saturated carbocycles. The zero-order valence-electron chi connectivity index (χ0n) is 14.1. The number of hydrogen-bond acceptors (Lipinski definition) is 5. The lowest BCUT2D eigenvalue weighted by atomic mass is 9.75. The Balaban J connectivity index is 2.18. The van der Waals surface area contributed by atoms with Gasteiger partial charge in [-0.25, -0.2) is 4.79 Å². The van der Waals surface area contributed by atoms with E-state index in [0.717, 1.165) is 30.6 Å². The lowest BCUT2D eigenvalue weighted by Crippen LogP contribution is -2.52. The smallest absolute Gasteiger partial charge is 0.327 e. The highest BCUT2D eigenvalue weighted by Crippen LogP contribution is 2.40. The van der Waals surface area contributed by atoms with Gasteiger partial charge in [-0.05, 0) is 25.7 Å². The minimum absolute atomic E-state index is 0.126. The number of urea groups is 1. The number of nitrogens with zero attached hydrogens (tertiary/aromatic N) is 2. The SMILES string of the molecule is CN1C(=O)N(CC(=O)C(CN)CN)C(=O)C1(C)C1CCCCC1. The third-order valence-electron chi connectivity index (χ3n) is 5.63. The molecule has 0 spiro atoms. The molecule has 2 aliphatic rings. The molecule has 1 atom stereocenters. The Bertz CT molecular complexity index is 486. The summed E-state index contributed by atoms with van der Waals surface area (Å²) in [5.74, 6) is -0.879. The summed E-state index contributed by atoms with van der Waals surface area (Å²) in [5, 5.41) is 0. The summed E-state index contributed by atoms with van der Waals surface area (Å²) in [5.41, 5.74) is 10.2. The number of hydrogen-bond donors (Lipinski definition) is 2. The van der Waals surface area contributed by atoms with Crippen molar-refractivity contribution in [2.24, 2.45) is 23.3 Å². The van der Waals surface area contributed by atoms with Gasteiger partial charge in [-0.2, -0.15) is 0 Å². The highest BCUT2D eigenvalue weighted by molar-refractivity contribution is 6.09. The summed E-state index contributed by atoms with van der Waals surface area (Å²) < 4.78 is 0. The zero-order chi connectivity index (χ0) is 17.2. The Hall–Kier alpha value is -1.47. The second-order valence-electron chi connectivity index (χ2n) is 6.85. The molecule has 7 heteroatoms. The van der Waals surface area contributed by atoms with Crippen molar-refractivity contribution in [1.29, 1.82) is 0 Å². The summed E-state index contributed by atoms with van der Waals surface area (Å²) in [6, 6.07) is -0.399. The van der Waals surface area contributed by atoms with Crippen LogP contribution in [0.4, 0.5) is 4.79 Å². The molecule has 2 fully saturated rings. The molecule has 0 radical (unpaired) electrons. The molecule has 1 aliphatic heterocycles. The predicted octanol–water partition coefficient (Wildman–Crippen LogP) is 0.322. The molecule has 130 valence electrons. The first-order valence-corrected chi connectivity index (χ1v) is 8.40. The number of Topliss-reactive ketones (excluding diaryl/α,β-unsaturated/α-hetero) is 1. The molecule has 1 heterocycles. The van der Waals surface area contributed by atoms with Crippen LogP contribution in [0.3, 0.4) is 0 Å². The van der Waals surface area contributed by atoms with Gasteiger partial charge in [-0.15, -0.1) is 0 Å². The molecular formula is C16H28N4O3. The number of carbonyl (C=O) groups excluding carboxylic acids is 3. The summed E-state index contributed by atoms with van der Waals surface area (Å²) in [7, 11) is 1.66. The fourth-order valence-electron chi connectivity index (χ4n) is 3.78. The van der Waals surface area contributed by atoms with Gasteiger partial charge in [0.2, 0.25) is 0 Å². The van der Waals surface area contributed by atoms with Gasteiger partial charge in [-0.3, -0.25) is 14.5 Å². The van der Waals surface area contributed by atoms with Crippen LogP contribution < -0.4 is 11.5 Å². The van der Waals surface area contributed by atoms with Crippen LogP contribution in [0.15, 0.2) is 0 Å². The Morgan fingerprint density at radius 2 is 1.78 bits per heavy atom. The highest BCUT2D eigenvalue weighted by atomic mass is 16.2. The van der Waals surface area contributed by atoms with Gasteiger partial charge in [0.25, 0.3) is 5.91 Å². The fraction of sp³-hybridized carbons (Fsp3) is 0.812. The topological polar surface area (TPSA) is 110 Å². The van der Waals surface area contributed by atoms with Crippen molar-refractivity contribution >= 4 is 17.7 Å². The first-order valence-electron chi connectivity index (χ1n) is 8.40. The highest BCUT2D eigenvalue weighted by Gasteiger charge is 2.56. The summed E-state index contributed by atoms with van der Waals surface area (Å²) in [4.78, 5) is 40.3. The number of amides is 3. The van der Waals surface area contributed by atoms with Crippen molar-refractivity contribution in [1.82, 2.24) is 9.80 Å². The minimum Gasteiger partial charge on any atom is -0.330 e. The van der Waals surface area contributed by atoms with Crippen LogP contribution in [-0.4, -0.2) is 59.7 Å². The van der Waals surface area contributed by atoms with Crippen molar-refractivity contribution in [3.63, 3.8) is 0 Å². The largest absolute Gasteiger partial charge is 0.330 e. The number of likely N-dealkylation sites (N-methyl/N-ethyl adjacent to an activating group) is 1. The van der Waals surface area contributed by atoms with E-state index in [2.05, 4.69) is 0 Å². The summed E-state index contributed by atoms with van der Waals surface area (Å²) >= 11 is 0. The molecular weight excluding hydrogens is 296 g/mol.